The molecule has 2 atom stereocenters. The first kappa shape index (κ1) is 43.7. The molecule has 4 aromatic rings. The smallest absolute Gasteiger partial charge is 0.419 e. The third-order valence-corrected chi connectivity index (χ3v) is 9.31. The van der Waals surface area contributed by atoms with Gasteiger partial charge in [-0.25, -0.2) is 9.59 Å². The van der Waals surface area contributed by atoms with Crippen LogP contribution in [0.5, 0.6) is 23.0 Å². The number of esters is 2. The molecule has 0 aliphatic rings. The lowest BCUT2D eigenvalue weighted by Gasteiger charge is -2.33. The number of hydrogen-bond donors (Lipinski definition) is 0. The van der Waals surface area contributed by atoms with E-state index in [2.05, 4.69) is 37.5 Å². The fourth-order valence-electron chi connectivity index (χ4n) is 6.71. The van der Waals surface area contributed by atoms with Crippen LogP contribution < -0.4 is 18.9 Å². The van der Waals surface area contributed by atoms with Gasteiger partial charge >= 0.3 is 11.9 Å². The van der Waals surface area contributed by atoms with Gasteiger partial charge in [0.05, 0.1) is 14.2 Å². The van der Waals surface area contributed by atoms with E-state index in [1.165, 1.54) is 0 Å². The first-order chi connectivity index (χ1) is 27.3. The van der Waals surface area contributed by atoms with Gasteiger partial charge < -0.3 is 28.4 Å². The minimum atomic E-state index is -1.05. The highest BCUT2D eigenvalue weighted by Crippen LogP contribution is 2.35. The molecule has 0 fully saturated rings. The standard InChI is InChI=1S/C46H60N2O8/c1-7-27-47(28-8-2)41(31-37-23-17-25-39(51-5)43(37)53-33-35-19-13-11-14-20-35)55-45(49)46(50)56-42(48(29-9-3)30-10-4)32-38-24-18-26-40(52-6)44(38)54-34-36-21-15-12-16-22-36/h11-26,41-42H,7-10,27-34H2,1-6H3. The molecule has 0 aliphatic heterocycles. The van der Waals surface area contributed by atoms with Crippen molar-refractivity contribution in [2.24, 2.45) is 0 Å². The fourth-order valence-corrected chi connectivity index (χ4v) is 6.71. The van der Waals surface area contributed by atoms with Crippen LogP contribution in [-0.4, -0.2) is 74.6 Å². The molecule has 302 valence electrons. The molecular formula is C46H60N2O8. The van der Waals surface area contributed by atoms with Crippen LogP contribution in [0.4, 0.5) is 0 Å². The summed E-state index contributed by atoms with van der Waals surface area (Å²) in [5, 5.41) is 0. The lowest BCUT2D eigenvalue weighted by Crippen LogP contribution is -2.45. The molecule has 0 spiro atoms. The lowest BCUT2D eigenvalue weighted by molar-refractivity contribution is -0.185. The normalized spacial score (nSPS) is 12.2. The summed E-state index contributed by atoms with van der Waals surface area (Å²) in [6, 6.07) is 31.1. The Labute approximate surface area is 333 Å². The van der Waals surface area contributed by atoms with E-state index in [9.17, 15) is 9.59 Å². The molecule has 0 aromatic heterocycles. The van der Waals surface area contributed by atoms with Gasteiger partial charge in [-0.1, -0.05) is 113 Å². The fraction of sp³-hybridized carbons (Fsp3) is 0.435. The highest BCUT2D eigenvalue weighted by Gasteiger charge is 2.32. The Bertz CT molecular complexity index is 1610. The Kier molecular flexibility index (Phi) is 18.5. The number of carbonyl (C=O) groups excluding carboxylic acids is 2. The van der Waals surface area contributed by atoms with Crippen molar-refractivity contribution in [2.75, 3.05) is 40.4 Å². The van der Waals surface area contributed by atoms with Crippen molar-refractivity contribution in [3.63, 3.8) is 0 Å². The Balaban J connectivity index is 1.61. The minimum absolute atomic E-state index is 0.271. The highest BCUT2D eigenvalue weighted by atomic mass is 16.6. The van der Waals surface area contributed by atoms with E-state index in [0.717, 1.165) is 47.9 Å². The summed E-state index contributed by atoms with van der Waals surface area (Å²) in [6.07, 6.45) is 2.32. The highest BCUT2D eigenvalue weighted by molar-refractivity contribution is 6.29. The molecule has 0 aliphatic carbocycles. The van der Waals surface area contributed by atoms with Crippen molar-refractivity contribution >= 4 is 11.9 Å². The summed E-state index contributed by atoms with van der Waals surface area (Å²) in [5.74, 6) is 0.166. The van der Waals surface area contributed by atoms with Crippen LogP contribution in [0, 0.1) is 0 Å². The molecule has 4 aromatic carbocycles. The van der Waals surface area contributed by atoms with E-state index in [-0.39, 0.29) is 12.8 Å². The van der Waals surface area contributed by atoms with Crippen molar-refractivity contribution in [3.05, 3.63) is 119 Å². The third-order valence-electron chi connectivity index (χ3n) is 9.31. The third kappa shape index (κ3) is 13.0. The van der Waals surface area contributed by atoms with Crippen LogP contribution in [0.1, 0.15) is 75.6 Å². The molecule has 0 heterocycles. The van der Waals surface area contributed by atoms with E-state index in [4.69, 9.17) is 28.4 Å². The first-order valence-corrected chi connectivity index (χ1v) is 19.9. The number of nitrogens with zero attached hydrogens (tertiary/aromatic N) is 2. The van der Waals surface area contributed by atoms with E-state index < -0.39 is 24.4 Å². The monoisotopic (exact) mass is 768 g/mol. The SMILES string of the molecule is CCCN(CCC)C(Cc1cccc(OC)c1OCc1ccccc1)OC(=O)C(=O)OC(Cc1cccc(OC)c1OCc1ccccc1)N(CCC)CCC. The van der Waals surface area contributed by atoms with Gasteiger partial charge in [0, 0.05) is 50.1 Å². The second-order valence-corrected chi connectivity index (χ2v) is 13.6. The van der Waals surface area contributed by atoms with Crippen molar-refractivity contribution in [2.45, 2.75) is 91.9 Å². The van der Waals surface area contributed by atoms with Gasteiger partial charge in [0.15, 0.2) is 35.5 Å². The van der Waals surface area contributed by atoms with Gasteiger partial charge in [-0.3, -0.25) is 9.80 Å². The van der Waals surface area contributed by atoms with Crippen molar-refractivity contribution in [1.29, 1.82) is 0 Å². The Hall–Kier alpha value is -5.06. The Morgan fingerprint density at radius 1 is 0.500 bits per heavy atom. The summed E-state index contributed by atoms with van der Waals surface area (Å²) in [5.41, 5.74) is 3.60. The number of hydrogen-bond acceptors (Lipinski definition) is 10. The van der Waals surface area contributed by atoms with E-state index in [0.29, 0.717) is 62.4 Å². The number of ether oxygens (including phenoxy) is 6. The minimum Gasteiger partial charge on any atom is -0.493 e. The van der Waals surface area contributed by atoms with Gasteiger partial charge in [0.2, 0.25) is 0 Å². The molecule has 0 amide bonds. The zero-order valence-corrected chi connectivity index (χ0v) is 34.0. The van der Waals surface area contributed by atoms with E-state index in [1.807, 2.05) is 97.1 Å². The number of benzene rings is 4. The van der Waals surface area contributed by atoms with E-state index in [1.54, 1.807) is 14.2 Å². The molecule has 0 saturated heterocycles. The summed E-state index contributed by atoms with van der Waals surface area (Å²) in [7, 11) is 3.20. The van der Waals surface area contributed by atoms with Crippen LogP contribution in [0.25, 0.3) is 0 Å². The second kappa shape index (κ2) is 23.8. The zero-order chi connectivity index (χ0) is 40.1. The van der Waals surface area contributed by atoms with Crippen LogP contribution in [0.15, 0.2) is 97.1 Å². The van der Waals surface area contributed by atoms with Crippen LogP contribution >= 0.6 is 0 Å². The number of para-hydroxylation sites is 2. The molecule has 56 heavy (non-hydrogen) atoms. The molecule has 0 radical (unpaired) electrons. The Morgan fingerprint density at radius 2 is 0.857 bits per heavy atom. The molecule has 0 saturated carbocycles. The maximum Gasteiger partial charge on any atom is 0.419 e. The van der Waals surface area contributed by atoms with Crippen molar-refractivity contribution in [1.82, 2.24) is 9.80 Å². The van der Waals surface area contributed by atoms with Crippen LogP contribution in [-0.2, 0) is 45.1 Å². The molecule has 0 bridgehead atoms. The van der Waals surface area contributed by atoms with Crippen LogP contribution in [0.2, 0.25) is 0 Å². The summed E-state index contributed by atoms with van der Waals surface area (Å²) in [6.45, 7) is 11.6. The summed E-state index contributed by atoms with van der Waals surface area (Å²) >= 11 is 0. The number of carbonyl (C=O) groups is 2. The predicted molar refractivity (Wildman–Crippen MR) is 219 cm³/mol. The zero-order valence-electron chi connectivity index (χ0n) is 34.0. The average Bonchev–Trinajstić information content (AvgIpc) is 3.22. The first-order valence-electron chi connectivity index (χ1n) is 19.9. The summed E-state index contributed by atoms with van der Waals surface area (Å²) < 4.78 is 36.4. The number of methoxy groups -OCH3 is 2. The van der Waals surface area contributed by atoms with Gasteiger partial charge in [-0.15, -0.1) is 0 Å². The van der Waals surface area contributed by atoms with Crippen molar-refractivity contribution < 1.29 is 38.0 Å². The van der Waals surface area contributed by atoms with Crippen LogP contribution in [0.3, 0.4) is 0 Å². The molecule has 4 rings (SSSR count). The molecule has 10 nitrogen and oxygen atoms in total. The average molecular weight is 769 g/mol. The molecule has 2 unspecified atom stereocenters. The predicted octanol–water partition coefficient (Wildman–Crippen LogP) is 8.63. The quantitative estimate of drug-likeness (QED) is 0.0392. The molecule has 10 heteroatoms. The second-order valence-electron chi connectivity index (χ2n) is 13.6. The Morgan fingerprint density at radius 3 is 1.18 bits per heavy atom. The van der Waals surface area contributed by atoms with E-state index >= 15 is 0 Å². The lowest BCUT2D eigenvalue weighted by atomic mass is 10.1. The van der Waals surface area contributed by atoms with Gasteiger partial charge in [-0.2, -0.15) is 0 Å². The van der Waals surface area contributed by atoms with Gasteiger partial charge in [0.1, 0.15) is 13.2 Å². The molecular weight excluding hydrogens is 709 g/mol. The summed E-state index contributed by atoms with van der Waals surface area (Å²) in [4.78, 5) is 32.0. The maximum atomic E-state index is 13.9. The molecule has 0 N–H and O–H groups in total. The number of rotatable bonds is 24. The van der Waals surface area contributed by atoms with Gasteiger partial charge in [-0.05, 0) is 48.9 Å². The topological polar surface area (TPSA) is 96.0 Å². The maximum absolute atomic E-state index is 13.9. The largest absolute Gasteiger partial charge is 0.493 e. The van der Waals surface area contributed by atoms with Crippen molar-refractivity contribution in [3.8, 4) is 23.0 Å². The van der Waals surface area contributed by atoms with Gasteiger partial charge in [0.25, 0.3) is 0 Å².